The molecule has 0 spiro atoms. The van der Waals surface area contributed by atoms with Crippen molar-refractivity contribution in [1.29, 1.82) is 0 Å². The summed E-state index contributed by atoms with van der Waals surface area (Å²) in [5.41, 5.74) is 1.92. The van der Waals surface area contributed by atoms with E-state index >= 15 is 0 Å². The van der Waals surface area contributed by atoms with Gasteiger partial charge < -0.3 is 29.2 Å². The molecule has 0 radical (unpaired) electrons. The summed E-state index contributed by atoms with van der Waals surface area (Å²) in [5, 5.41) is 21.2. The van der Waals surface area contributed by atoms with Crippen LogP contribution in [0.1, 0.15) is 50.7 Å². The van der Waals surface area contributed by atoms with E-state index in [1.165, 1.54) is 0 Å². The minimum absolute atomic E-state index is 0.0968. The molecule has 1 heterocycles. The predicted octanol–water partition coefficient (Wildman–Crippen LogP) is 3.99. The number of hydrogen-bond donors (Lipinski definition) is 2. The van der Waals surface area contributed by atoms with E-state index in [1.807, 2.05) is 74.5 Å². The zero-order valence-electron chi connectivity index (χ0n) is 20.6. The Kier molecular flexibility index (Phi) is 11.2. The largest absolute Gasteiger partial charge is 0.456 e. The molecular formula is C28H38O7. The number of rotatable bonds is 13. The minimum Gasteiger partial charge on any atom is -0.456 e. The molecule has 0 bridgehead atoms. The SMILES string of the molecule is CCCC(CCC)C(=O)O[C@H]1[C@H](OCc2ccccc2)[C@@H](COCc2ccccc2)OC(O)[C@@H]1O. The van der Waals surface area contributed by atoms with Gasteiger partial charge in [0.2, 0.25) is 0 Å². The Hall–Kier alpha value is -2.29. The average Bonchev–Trinajstić information content (AvgIpc) is 2.87. The molecule has 2 N–H and O–H groups in total. The number of ether oxygens (including phenoxy) is 4. The highest BCUT2D eigenvalue weighted by Gasteiger charge is 2.48. The second-order valence-electron chi connectivity index (χ2n) is 8.99. The Morgan fingerprint density at radius 3 is 2.03 bits per heavy atom. The lowest BCUT2D eigenvalue weighted by Crippen LogP contribution is -2.61. The fraction of sp³-hybridized carbons (Fsp3) is 0.536. The van der Waals surface area contributed by atoms with Crippen molar-refractivity contribution in [1.82, 2.24) is 0 Å². The van der Waals surface area contributed by atoms with Crippen LogP contribution in [-0.2, 0) is 37.0 Å². The Bertz CT molecular complexity index is 854. The van der Waals surface area contributed by atoms with Crippen LogP contribution in [0.3, 0.4) is 0 Å². The highest BCUT2D eigenvalue weighted by molar-refractivity contribution is 5.72. The molecule has 1 saturated heterocycles. The quantitative estimate of drug-likeness (QED) is 0.413. The zero-order chi connectivity index (χ0) is 25.0. The third kappa shape index (κ3) is 8.12. The standard InChI is InChI=1S/C28H38O7/c1-3-11-22(12-4-2)27(30)35-26-24(29)28(31)34-23(19-32-17-20-13-7-5-8-14-20)25(26)33-18-21-15-9-6-10-16-21/h5-10,13-16,22-26,28-29,31H,3-4,11-12,17-19H2,1-2H3/t23-,24-,25-,26-,28?/m1/s1. The lowest BCUT2D eigenvalue weighted by Gasteiger charge is -2.42. The molecule has 1 aliphatic rings. The molecule has 192 valence electrons. The zero-order valence-corrected chi connectivity index (χ0v) is 20.6. The van der Waals surface area contributed by atoms with Crippen LogP contribution in [0.5, 0.6) is 0 Å². The monoisotopic (exact) mass is 486 g/mol. The van der Waals surface area contributed by atoms with E-state index in [0.29, 0.717) is 19.4 Å². The van der Waals surface area contributed by atoms with Gasteiger partial charge in [-0.25, -0.2) is 0 Å². The van der Waals surface area contributed by atoms with Crippen molar-refractivity contribution in [2.24, 2.45) is 5.92 Å². The normalized spacial score (nSPS) is 24.4. The Morgan fingerprint density at radius 1 is 0.886 bits per heavy atom. The maximum Gasteiger partial charge on any atom is 0.309 e. The van der Waals surface area contributed by atoms with Crippen molar-refractivity contribution < 1.29 is 34.0 Å². The van der Waals surface area contributed by atoms with Gasteiger partial charge in [-0.2, -0.15) is 0 Å². The van der Waals surface area contributed by atoms with Gasteiger partial charge in [-0.05, 0) is 24.0 Å². The van der Waals surface area contributed by atoms with E-state index in [-0.39, 0.29) is 25.1 Å². The number of aliphatic hydroxyl groups excluding tert-OH is 2. The van der Waals surface area contributed by atoms with Crippen LogP contribution < -0.4 is 0 Å². The summed E-state index contributed by atoms with van der Waals surface area (Å²) in [6, 6.07) is 19.3. The Labute approximate surface area is 208 Å². The fourth-order valence-electron chi connectivity index (χ4n) is 4.32. The highest BCUT2D eigenvalue weighted by Crippen LogP contribution is 2.28. The van der Waals surface area contributed by atoms with Gasteiger partial charge in [-0.15, -0.1) is 0 Å². The minimum atomic E-state index is -1.52. The molecule has 3 rings (SSSR count). The first kappa shape index (κ1) is 27.3. The molecule has 0 aliphatic carbocycles. The molecule has 7 heteroatoms. The second kappa shape index (κ2) is 14.3. The van der Waals surface area contributed by atoms with Gasteiger partial charge in [0.15, 0.2) is 12.4 Å². The van der Waals surface area contributed by atoms with Crippen LogP contribution in [0.25, 0.3) is 0 Å². The van der Waals surface area contributed by atoms with E-state index < -0.39 is 30.7 Å². The van der Waals surface area contributed by atoms with Gasteiger partial charge in [0.1, 0.15) is 18.3 Å². The molecule has 2 aromatic carbocycles. The van der Waals surface area contributed by atoms with Crippen LogP contribution in [0.15, 0.2) is 60.7 Å². The molecule has 1 aliphatic heterocycles. The topological polar surface area (TPSA) is 94.5 Å². The van der Waals surface area contributed by atoms with E-state index in [2.05, 4.69) is 0 Å². The number of hydrogen-bond acceptors (Lipinski definition) is 7. The number of esters is 1. The van der Waals surface area contributed by atoms with Gasteiger partial charge in [0.25, 0.3) is 0 Å². The number of benzene rings is 2. The molecule has 0 saturated carbocycles. The summed E-state index contributed by atoms with van der Waals surface area (Å²) in [4.78, 5) is 13.0. The van der Waals surface area contributed by atoms with E-state index in [1.54, 1.807) is 0 Å². The lowest BCUT2D eigenvalue weighted by molar-refractivity contribution is -0.301. The molecule has 0 aromatic heterocycles. The van der Waals surface area contributed by atoms with Gasteiger partial charge in [0.05, 0.1) is 25.7 Å². The molecule has 35 heavy (non-hydrogen) atoms. The first-order valence-corrected chi connectivity index (χ1v) is 12.5. The van der Waals surface area contributed by atoms with Crippen molar-refractivity contribution in [2.75, 3.05) is 6.61 Å². The predicted molar refractivity (Wildman–Crippen MR) is 131 cm³/mol. The van der Waals surface area contributed by atoms with E-state index in [4.69, 9.17) is 18.9 Å². The van der Waals surface area contributed by atoms with Crippen LogP contribution in [-0.4, -0.2) is 53.5 Å². The van der Waals surface area contributed by atoms with E-state index in [0.717, 1.165) is 24.0 Å². The molecule has 5 atom stereocenters. The van der Waals surface area contributed by atoms with Crippen LogP contribution >= 0.6 is 0 Å². The molecule has 2 aromatic rings. The van der Waals surface area contributed by atoms with Gasteiger partial charge in [-0.3, -0.25) is 4.79 Å². The first-order valence-electron chi connectivity index (χ1n) is 12.5. The summed E-state index contributed by atoms with van der Waals surface area (Å²) in [6.45, 7) is 4.72. The van der Waals surface area contributed by atoms with Crippen molar-refractivity contribution in [3.8, 4) is 0 Å². The smallest absolute Gasteiger partial charge is 0.309 e. The van der Waals surface area contributed by atoms with Crippen LogP contribution in [0.4, 0.5) is 0 Å². The Morgan fingerprint density at radius 2 is 1.46 bits per heavy atom. The van der Waals surface area contributed by atoms with Crippen molar-refractivity contribution >= 4 is 5.97 Å². The van der Waals surface area contributed by atoms with Crippen LogP contribution in [0, 0.1) is 5.92 Å². The highest BCUT2D eigenvalue weighted by atomic mass is 16.7. The molecule has 1 unspecified atom stereocenters. The Balaban J connectivity index is 1.75. The summed E-state index contributed by atoms with van der Waals surface area (Å²) >= 11 is 0. The number of aliphatic hydroxyl groups is 2. The second-order valence-corrected chi connectivity index (χ2v) is 8.99. The summed E-state index contributed by atoms with van der Waals surface area (Å²) in [5.74, 6) is -0.649. The number of carbonyl (C=O) groups is 1. The molecular weight excluding hydrogens is 448 g/mol. The average molecular weight is 487 g/mol. The van der Waals surface area contributed by atoms with Crippen molar-refractivity contribution in [3.05, 3.63) is 71.8 Å². The first-order chi connectivity index (χ1) is 17.0. The summed E-state index contributed by atoms with van der Waals surface area (Å²) in [7, 11) is 0. The van der Waals surface area contributed by atoms with E-state index in [9.17, 15) is 15.0 Å². The van der Waals surface area contributed by atoms with Gasteiger partial charge in [0, 0.05) is 0 Å². The molecule has 1 fully saturated rings. The third-order valence-corrected chi connectivity index (χ3v) is 6.17. The lowest BCUT2D eigenvalue weighted by atomic mass is 9.96. The maximum absolute atomic E-state index is 13.0. The summed E-state index contributed by atoms with van der Waals surface area (Å²) < 4.78 is 23.5. The maximum atomic E-state index is 13.0. The van der Waals surface area contributed by atoms with Gasteiger partial charge >= 0.3 is 5.97 Å². The van der Waals surface area contributed by atoms with Crippen LogP contribution in [0.2, 0.25) is 0 Å². The molecule has 7 nitrogen and oxygen atoms in total. The van der Waals surface area contributed by atoms with Crippen molar-refractivity contribution in [2.45, 2.75) is 83.5 Å². The fourth-order valence-corrected chi connectivity index (χ4v) is 4.32. The molecule has 0 amide bonds. The van der Waals surface area contributed by atoms with Gasteiger partial charge in [-0.1, -0.05) is 87.4 Å². The summed E-state index contributed by atoms with van der Waals surface area (Å²) in [6.07, 6.45) is -2.50. The van der Waals surface area contributed by atoms with Crippen molar-refractivity contribution in [3.63, 3.8) is 0 Å². The third-order valence-electron chi connectivity index (χ3n) is 6.17. The number of carbonyl (C=O) groups excluding carboxylic acids is 1.